The van der Waals surface area contributed by atoms with E-state index in [1.807, 2.05) is 0 Å². The molecule has 0 aromatic heterocycles. The van der Waals surface area contributed by atoms with Crippen LogP contribution < -0.4 is 10.6 Å². The van der Waals surface area contributed by atoms with Crippen molar-refractivity contribution in [3.05, 3.63) is 79.9 Å². The van der Waals surface area contributed by atoms with Gasteiger partial charge < -0.3 is 15.7 Å². The molecule has 0 bridgehead atoms. The fourth-order valence-corrected chi connectivity index (χ4v) is 2.85. The van der Waals surface area contributed by atoms with Crippen LogP contribution >= 0.6 is 15.9 Å². The van der Waals surface area contributed by atoms with Crippen LogP contribution in [0.2, 0.25) is 0 Å². The van der Waals surface area contributed by atoms with Gasteiger partial charge in [0.05, 0.1) is 4.92 Å². The Bertz CT molecular complexity index is 1030. The van der Waals surface area contributed by atoms with Crippen LogP contribution in [0, 0.1) is 16.0 Å². The second-order valence-electron chi connectivity index (χ2n) is 6.90. The number of hydrogen-bond acceptors (Lipinski definition) is 5. The number of hydrogen-bond donors (Lipinski definition) is 3. The lowest BCUT2D eigenvalue weighted by molar-refractivity contribution is -0.384. The molecule has 9 nitrogen and oxygen atoms in total. The van der Waals surface area contributed by atoms with Crippen LogP contribution in [-0.4, -0.2) is 33.9 Å². The summed E-state index contributed by atoms with van der Waals surface area (Å²) in [4.78, 5) is 47.3. The maximum absolute atomic E-state index is 12.8. The molecule has 0 heterocycles. The van der Waals surface area contributed by atoms with Crippen molar-refractivity contribution in [3.8, 4) is 0 Å². The second-order valence-corrected chi connectivity index (χ2v) is 7.82. The molecule has 0 aliphatic carbocycles. The molecular formula is C21H20BrN3O6. The van der Waals surface area contributed by atoms with Gasteiger partial charge in [-0.05, 0) is 41.8 Å². The van der Waals surface area contributed by atoms with Crippen molar-refractivity contribution >= 4 is 45.5 Å². The largest absolute Gasteiger partial charge is 0.480 e. The topological polar surface area (TPSA) is 139 Å². The molecule has 0 spiro atoms. The summed E-state index contributed by atoms with van der Waals surface area (Å²) >= 11 is 3.27. The molecule has 0 unspecified atom stereocenters. The predicted octanol–water partition coefficient (Wildman–Crippen LogP) is 3.35. The third-order valence-electron chi connectivity index (χ3n) is 4.21. The molecule has 0 saturated heterocycles. The normalized spacial score (nSPS) is 12.2. The average Bonchev–Trinajstić information content (AvgIpc) is 2.71. The van der Waals surface area contributed by atoms with Crippen LogP contribution in [0.5, 0.6) is 0 Å². The van der Waals surface area contributed by atoms with Crippen molar-refractivity contribution in [1.29, 1.82) is 0 Å². The zero-order valence-electron chi connectivity index (χ0n) is 16.7. The molecule has 0 saturated carbocycles. The number of carboxylic acids is 1. The van der Waals surface area contributed by atoms with E-state index in [-0.39, 0.29) is 22.5 Å². The minimum Gasteiger partial charge on any atom is -0.480 e. The van der Waals surface area contributed by atoms with E-state index in [4.69, 9.17) is 0 Å². The predicted molar refractivity (Wildman–Crippen MR) is 117 cm³/mol. The van der Waals surface area contributed by atoms with Gasteiger partial charge in [0.1, 0.15) is 11.7 Å². The molecule has 2 rings (SSSR count). The second kappa shape index (κ2) is 10.5. The van der Waals surface area contributed by atoms with Gasteiger partial charge in [-0.1, -0.05) is 41.9 Å². The van der Waals surface area contributed by atoms with Gasteiger partial charge in [0.2, 0.25) is 0 Å². The Morgan fingerprint density at radius 1 is 1.13 bits per heavy atom. The van der Waals surface area contributed by atoms with E-state index in [1.54, 1.807) is 26.0 Å². The van der Waals surface area contributed by atoms with Crippen molar-refractivity contribution in [1.82, 2.24) is 10.6 Å². The number of carboxylic acid groups (broad SMARTS) is 1. The highest BCUT2D eigenvalue weighted by Crippen LogP contribution is 2.16. The lowest BCUT2D eigenvalue weighted by Gasteiger charge is -2.19. The SMILES string of the molecule is CC(C)[C@@H](NC(=O)/C(=C/c1cccc([N+](=O)[O-])c1)NC(=O)c1ccc(Br)cc1)C(=O)O. The molecule has 2 amide bonds. The minimum absolute atomic E-state index is 0.196. The fourth-order valence-electron chi connectivity index (χ4n) is 2.58. The Kier molecular flexibility index (Phi) is 8.03. The average molecular weight is 490 g/mol. The number of nitrogens with one attached hydrogen (secondary N) is 2. The van der Waals surface area contributed by atoms with E-state index in [2.05, 4.69) is 26.6 Å². The molecule has 0 aliphatic heterocycles. The number of carbonyl (C=O) groups excluding carboxylic acids is 2. The fraction of sp³-hybridized carbons (Fsp3) is 0.190. The molecular weight excluding hydrogens is 470 g/mol. The molecule has 0 radical (unpaired) electrons. The van der Waals surface area contributed by atoms with E-state index in [0.717, 1.165) is 4.47 Å². The Labute approximate surface area is 186 Å². The number of aliphatic carboxylic acids is 1. The summed E-state index contributed by atoms with van der Waals surface area (Å²) in [5.41, 5.74) is 0.102. The maximum atomic E-state index is 12.8. The van der Waals surface area contributed by atoms with E-state index in [0.29, 0.717) is 0 Å². The molecule has 1 atom stereocenters. The summed E-state index contributed by atoms with van der Waals surface area (Å²) in [6.07, 6.45) is 1.25. The minimum atomic E-state index is -1.22. The van der Waals surface area contributed by atoms with E-state index in [9.17, 15) is 29.6 Å². The quantitative estimate of drug-likeness (QED) is 0.295. The molecule has 3 N–H and O–H groups in total. The highest BCUT2D eigenvalue weighted by molar-refractivity contribution is 9.10. The molecule has 10 heteroatoms. The van der Waals surface area contributed by atoms with E-state index < -0.39 is 34.7 Å². The van der Waals surface area contributed by atoms with E-state index in [1.165, 1.54) is 42.5 Å². The summed E-state index contributed by atoms with van der Waals surface area (Å²) in [7, 11) is 0. The lowest BCUT2D eigenvalue weighted by Crippen LogP contribution is -2.47. The number of benzene rings is 2. The van der Waals surface area contributed by atoms with Crippen LogP contribution in [0.4, 0.5) is 5.69 Å². The number of nitrogens with zero attached hydrogens (tertiary/aromatic N) is 1. The van der Waals surface area contributed by atoms with Gasteiger partial charge in [-0.2, -0.15) is 0 Å². The van der Waals surface area contributed by atoms with Crippen LogP contribution in [0.15, 0.2) is 58.7 Å². The van der Waals surface area contributed by atoms with Crippen molar-refractivity contribution in [2.75, 3.05) is 0 Å². The van der Waals surface area contributed by atoms with Crippen LogP contribution in [-0.2, 0) is 9.59 Å². The van der Waals surface area contributed by atoms with Crippen LogP contribution in [0.25, 0.3) is 6.08 Å². The first kappa shape index (κ1) is 23.7. The van der Waals surface area contributed by atoms with Gasteiger partial charge in [-0.25, -0.2) is 4.79 Å². The molecule has 2 aromatic rings. The van der Waals surface area contributed by atoms with Crippen molar-refractivity contribution < 1.29 is 24.4 Å². The first-order chi connectivity index (χ1) is 14.6. The third kappa shape index (κ3) is 6.75. The van der Waals surface area contributed by atoms with Gasteiger partial charge in [-0.3, -0.25) is 19.7 Å². The number of halogens is 1. The summed E-state index contributed by atoms with van der Waals surface area (Å²) in [5.74, 6) is -3.08. The Morgan fingerprint density at radius 3 is 2.32 bits per heavy atom. The zero-order valence-corrected chi connectivity index (χ0v) is 18.3. The Morgan fingerprint density at radius 2 is 1.77 bits per heavy atom. The Hall–Kier alpha value is -3.53. The van der Waals surface area contributed by atoms with Crippen LogP contribution in [0.3, 0.4) is 0 Å². The maximum Gasteiger partial charge on any atom is 0.326 e. The van der Waals surface area contributed by atoms with Gasteiger partial charge in [0.15, 0.2) is 0 Å². The van der Waals surface area contributed by atoms with Gasteiger partial charge in [0.25, 0.3) is 17.5 Å². The van der Waals surface area contributed by atoms with Crippen molar-refractivity contribution in [2.45, 2.75) is 19.9 Å². The molecule has 31 heavy (non-hydrogen) atoms. The molecule has 0 fully saturated rings. The third-order valence-corrected chi connectivity index (χ3v) is 4.74. The zero-order chi connectivity index (χ0) is 23.1. The van der Waals surface area contributed by atoms with Gasteiger partial charge in [0, 0.05) is 22.2 Å². The summed E-state index contributed by atoms with van der Waals surface area (Å²) in [6, 6.07) is 10.7. The first-order valence-electron chi connectivity index (χ1n) is 9.15. The number of non-ortho nitro benzene ring substituents is 1. The standard InChI is InChI=1S/C21H20BrN3O6/c1-12(2)18(21(28)29)24-20(27)17(11-13-4-3-5-16(10-13)25(30)31)23-19(26)14-6-8-15(22)9-7-14/h3-12,18H,1-2H3,(H,23,26)(H,24,27)(H,28,29)/b17-11-/t18-/m1/s1. The number of carbonyl (C=O) groups is 3. The summed E-state index contributed by atoms with van der Waals surface area (Å²) in [6.45, 7) is 3.26. The number of rotatable bonds is 8. The Balaban J connectivity index is 2.40. The summed E-state index contributed by atoms with van der Waals surface area (Å²) < 4.78 is 0.760. The molecule has 162 valence electrons. The van der Waals surface area contributed by atoms with E-state index >= 15 is 0 Å². The van der Waals surface area contributed by atoms with Crippen LogP contribution in [0.1, 0.15) is 29.8 Å². The van der Waals surface area contributed by atoms with Gasteiger partial charge >= 0.3 is 5.97 Å². The van der Waals surface area contributed by atoms with Gasteiger partial charge in [-0.15, -0.1) is 0 Å². The highest BCUT2D eigenvalue weighted by atomic mass is 79.9. The highest BCUT2D eigenvalue weighted by Gasteiger charge is 2.26. The van der Waals surface area contributed by atoms with Crippen molar-refractivity contribution in [3.63, 3.8) is 0 Å². The number of nitro groups is 1. The number of nitro benzene ring substituents is 1. The molecule has 0 aliphatic rings. The monoisotopic (exact) mass is 489 g/mol. The lowest BCUT2D eigenvalue weighted by atomic mass is 10.0. The smallest absolute Gasteiger partial charge is 0.326 e. The molecule has 2 aromatic carbocycles. The first-order valence-corrected chi connectivity index (χ1v) is 9.94. The number of amides is 2. The summed E-state index contributed by atoms with van der Waals surface area (Å²) in [5, 5.41) is 25.2. The van der Waals surface area contributed by atoms with Crippen molar-refractivity contribution in [2.24, 2.45) is 5.92 Å².